The molecule has 1 aromatic carbocycles. The number of primary amides is 1. The predicted molar refractivity (Wildman–Crippen MR) is 123 cm³/mol. The van der Waals surface area contributed by atoms with Crippen LogP contribution in [0.2, 0.25) is 0 Å². The lowest BCUT2D eigenvalue weighted by Gasteiger charge is -2.30. The highest BCUT2D eigenvalue weighted by molar-refractivity contribution is 5.99. The van der Waals surface area contributed by atoms with E-state index in [1.165, 1.54) is 6.07 Å². The largest absolute Gasteiger partial charge is 0.459 e. The topological polar surface area (TPSA) is 125 Å². The summed E-state index contributed by atoms with van der Waals surface area (Å²) in [6.07, 6.45) is -2.39. The van der Waals surface area contributed by atoms with Crippen molar-refractivity contribution in [2.75, 3.05) is 11.9 Å². The van der Waals surface area contributed by atoms with Crippen LogP contribution in [0, 0.1) is 11.2 Å². The average Bonchev–Trinajstić information content (AvgIpc) is 3.36. The van der Waals surface area contributed by atoms with Crippen molar-refractivity contribution in [1.29, 1.82) is 0 Å². The number of hydrogen-bond donors (Lipinski definition) is 3. The summed E-state index contributed by atoms with van der Waals surface area (Å²) in [5, 5.41) is 6.88. The van der Waals surface area contributed by atoms with Crippen molar-refractivity contribution in [3.8, 4) is 5.69 Å². The second-order valence-electron chi connectivity index (χ2n) is 10.2. The maximum Gasteiger partial charge on any atom is 0.435 e. The lowest BCUT2D eigenvalue weighted by atomic mass is 9.76. The van der Waals surface area contributed by atoms with Gasteiger partial charge in [0.25, 0.3) is 5.91 Å². The monoisotopic (exact) mass is 511 g/mol. The van der Waals surface area contributed by atoms with Crippen LogP contribution in [0.25, 0.3) is 5.69 Å². The zero-order chi connectivity index (χ0) is 26.4. The number of halogens is 4. The van der Waals surface area contributed by atoms with Crippen LogP contribution in [0.1, 0.15) is 66.8 Å². The van der Waals surface area contributed by atoms with Gasteiger partial charge in [0, 0.05) is 17.3 Å². The number of carbonyl (C=O) groups excluding carboxylic acids is 2. The number of aromatic nitrogens is 2. The third kappa shape index (κ3) is 5.04. The van der Waals surface area contributed by atoms with E-state index in [-0.39, 0.29) is 35.3 Å². The van der Waals surface area contributed by atoms with E-state index in [0.29, 0.717) is 37.8 Å². The van der Waals surface area contributed by atoms with E-state index in [4.69, 9.17) is 16.2 Å². The summed E-state index contributed by atoms with van der Waals surface area (Å²) in [5.74, 6) is -2.65. The standard InChI is InChI=1S/C24H29F4N5O3/c1-23(2)7-6-13-17(10-23)33(32-21(13)24(26,27)28)12-8-14(25)20(22(30)35)16(9-12)31-15-4-3-5-18(15)36-19(34)11-29/h8-9,15,18,31H,3-7,10-11,29H2,1-2H3,(H2,30,35). The molecule has 0 radical (unpaired) electrons. The van der Waals surface area contributed by atoms with E-state index in [9.17, 15) is 22.8 Å². The Morgan fingerprint density at radius 3 is 2.64 bits per heavy atom. The number of amides is 1. The summed E-state index contributed by atoms with van der Waals surface area (Å²) in [4.78, 5) is 23.8. The Morgan fingerprint density at radius 2 is 2.00 bits per heavy atom. The number of hydrogen-bond acceptors (Lipinski definition) is 6. The molecule has 1 heterocycles. The number of ether oxygens (including phenoxy) is 1. The molecule has 196 valence electrons. The first-order valence-corrected chi connectivity index (χ1v) is 11.8. The lowest BCUT2D eigenvalue weighted by Crippen LogP contribution is -2.35. The maximum atomic E-state index is 15.2. The Balaban J connectivity index is 1.80. The van der Waals surface area contributed by atoms with Gasteiger partial charge in [0.1, 0.15) is 11.9 Å². The molecule has 2 atom stereocenters. The van der Waals surface area contributed by atoms with E-state index in [1.807, 2.05) is 13.8 Å². The van der Waals surface area contributed by atoms with Crippen molar-refractivity contribution >= 4 is 17.6 Å². The van der Waals surface area contributed by atoms with Gasteiger partial charge in [0.2, 0.25) is 0 Å². The number of fused-ring (bicyclic) bond motifs is 1. The van der Waals surface area contributed by atoms with E-state index in [2.05, 4.69) is 10.4 Å². The number of nitrogens with one attached hydrogen (secondary N) is 1. The van der Waals surface area contributed by atoms with Crippen LogP contribution in [0.4, 0.5) is 23.2 Å². The normalized spacial score (nSPS) is 21.2. The number of carbonyl (C=O) groups is 2. The van der Waals surface area contributed by atoms with Gasteiger partial charge in [-0.1, -0.05) is 13.8 Å². The molecule has 0 aliphatic heterocycles. The van der Waals surface area contributed by atoms with Gasteiger partial charge < -0.3 is 21.5 Å². The predicted octanol–water partition coefficient (Wildman–Crippen LogP) is 3.48. The minimum atomic E-state index is -4.67. The number of anilines is 1. The molecule has 0 spiro atoms. The van der Waals surface area contributed by atoms with E-state index in [0.717, 1.165) is 10.7 Å². The van der Waals surface area contributed by atoms with Gasteiger partial charge in [0.05, 0.1) is 29.5 Å². The first-order valence-electron chi connectivity index (χ1n) is 11.8. The fourth-order valence-corrected chi connectivity index (χ4v) is 5.10. The highest BCUT2D eigenvalue weighted by atomic mass is 19.4. The molecule has 1 amide bonds. The minimum absolute atomic E-state index is 0.00826. The van der Waals surface area contributed by atoms with Crippen molar-refractivity contribution in [3.05, 3.63) is 40.5 Å². The Bertz CT molecular complexity index is 1190. The van der Waals surface area contributed by atoms with Crippen molar-refractivity contribution in [2.24, 2.45) is 16.9 Å². The number of nitrogens with two attached hydrogens (primary N) is 2. The number of benzene rings is 1. The molecular weight excluding hydrogens is 482 g/mol. The number of nitrogens with zero attached hydrogens (tertiary/aromatic N) is 2. The van der Waals surface area contributed by atoms with Crippen molar-refractivity contribution < 1.29 is 31.9 Å². The molecule has 4 rings (SSSR count). The van der Waals surface area contributed by atoms with Crippen LogP contribution in [0.15, 0.2) is 12.1 Å². The van der Waals surface area contributed by atoms with Gasteiger partial charge in [0.15, 0.2) is 5.69 Å². The third-order valence-electron chi connectivity index (χ3n) is 6.87. The highest BCUT2D eigenvalue weighted by Gasteiger charge is 2.42. The highest BCUT2D eigenvalue weighted by Crippen LogP contribution is 2.42. The lowest BCUT2D eigenvalue weighted by molar-refractivity contribution is -0.147. The number of rotatable bonds is 6. The smallest absolute Gasteiger partial charge is 0.435 e. The van der Waals surface area contributed by atoms with Gasteiger partial charge >= 0.3 is 12.1 Å². The van der Waals surface area contributed by atoms with Crippen LogP contribution >= 0.6 is 0 Å². The second kappa shape index (κ2) is 9.38. The zero-order valence-electron chi connectivity index (χ0n) is 20.0. The van der Waals surface area contributed by atoms with Crippen LogP contribution in [0.5, 0.6) is 0 Å². The summed E-state index contributed by atoms with van der Waals surface area (Å²) in [6.45, 7) is 3.60. The van der Waals surface area contributed by atoms with E-state index < -0.39 is 47.3 Å². The SMILES string of the molecule is CC1(C)CCc2c(C(F)(F)F)nn(-c3cc(F)c(C(N)=O)c(NC4CCCC4OC(=O)CN)c3)c2C1. The van der Waals surface area contributed by atoms with Crippen LogP contribution in [-0.4, -0.2) is 40.3 Å². The summed E-state index contributed by atoms with van der Waals surface area (Å²) in [6, 6.07) is 1.85. The first-order chi connectivity index (χ1) is 16.8. The van der Waals surface area contributed by atoms with Crippen LogP contribution in [-0.2, 0) is 28.5 Å². The number of esters is 1. The van der Waals surface area contributed by atoms with Crippen LogP contribution < -0.4 is 16.8 Å². The molecule has 12 heteroatoms. The quantitative estimate of drug-likeness (QED) is 0.403. The molecule has 2 aliphatic rings. The Labute approximate surface area is 205 Å². The maximum absolute atomic E-state index is 15.2. The van der Waals surface area contributed by atoms with E-state index >= 15 is 4.39 Å². The molecule has 1 aromatic heterocycles. The zero-order valence-corrected chi connectivity index (χ0v) is 20.0. The molecule has 5 N–H and O–H groups in total. The Kier molecular flexibility index (Phi) is 6.76. The summed E-state index contributed by atoms with van der Waals surface area (Å²) in [7, 11) is 0. The van der Waals surface area contributed by atoms with Crippen molar-refractivity contribution in [1.82, 2.24) is 9.78 Å². The van der Waals surface area contributed by atoms with Crippen molar-refractivity contribution in [2.45, 2.75) is 70.7 Å². The summed E-state index contributed by atoms with van der Waals surface area (Å²) in [5.41, 5.74) is 9.52. The summed E-state index contributed by atoms with van der Waals surface area (Å²) < 4.78 is 63.1. The van der Waals surface area contributed by atoms with Crippen LogP contribution in [0.3, 0.4) is 0 Å². The van der Waals surface area contributed by atoms with Gasteiger partial charge in [-0.15, -0.1) is 0 Å². The average molecular weight is 512 g/mol. The fourth-order valence-electron chi connectivity index (χ4n) is 5.10. The number of alkyl halides is 3. The molecule has 2 aliphatic carbocycles. The molecule has 8 nitrogen and oxygen atoms in total. The van der Waals surface area contributed by atoms with Crippen molar-refractivity contribution in [3.63, 3.8) is 0 Å². The molecule has 0 saturated heterocycles. The Morgan fingerprint density at radius 1 is 1.28 bits per heavy atom. The van der Waals surface area contributed by atoms with Gasteiger partial charge in [-0.05, 0) is 50.0 Å². The van der Waals surface area contributed by atoms with Gasteiger partial charge in [-0.3, -0.25) is 9.59 Å². The molecule has 2 unspecified atom stereocenters. The first kappa shape index (κ1) is 25.9. The molecule has 2 aromatic rings. The summed E-state index contributed by atoms with van der Waals surface area (Å²) >= 11 is 0. The molecule has 1 fully saturated rings. The molecule has 0 bridgehead atoms. The third-order valence-corrected chi connectivity index (χ3v) is 6.87. The molecule has 1 saturated carbocycles. The van der Waals surface area contributed by atoms with E-state index in [1.54, 1.807) is 0 Å². The molecule has 36 heavy (non-hydrogen) atoms. The second-order valence-corrected chi connectivity index (χ2v) is 10.2. The fraction of sp³-hybridized carbons (Fsp3) is 0.542. The Hall–Kier alpha value is -3.15. The van der Waals surface area contributed by atoms with Gasteiger partial charge in [-0.25, -0.2) is 9.07 Å². The minimum Gasteiger partial charge on any atom is -0.459 e. The van der Waals surface area contributed by atoms with Gasteiger partial charge in [-0.2, -0.15) is 18.3 Å². The molecular formula is C24H29F4N5O3.